The molecule has 6 rings (SSSR count). The maximum absolute atomic E-state index is 14.0. The summed E-state index contributed by atoms with van der Waals surface area (Å²) < 4.78 is 13.7. The van der Waals surface area contributed by atoms with Crippen LogP contribution < -0.4 is 15.0 Å². The van der Waals surface area contributed by atoms with Gasteiger partial charge >= 0.3 is 0 Å². The van der Waals surface area contributed by atoms with Crippen LogP contribution in [-0.2, 0) is 24.4 Å². The molecule has 0 saturated carbocycles. The summed E-state index contributed by atoms with van der Waals surface area (Å²) in [5.74, 6) is 1.84. The molecule has 1 amide bonds. The van der Waals surface area contributed by atoms with E-state index in [1.165, 1.54) is 0 Å². The smallest absolute Gasteiger partial charge is 0.274 e. The molecule has 3 aromatic carbocycles. The lowest BCUT2D eigenvalue weighted by atomic mass is 10.1. The zero-order chi connectivity index (χ0) is 28.0. The highest BCUT2D eigenvalue weighted by Gasteiger charge is 2.30. The van der Waals surface area contributed by atoms with Crippen LogP contribution in [0.5, 0.6) is 5.75 Å². The zero-order valence-electron chi connectivity index (χ0n) is 22.8. The predicted molar refractivity (Wildman–Crippen MR) is 156 cm³/mol. The Kier molecular flexibility index (Phi) is 7.83. The van der Waals surface area contributed by atoms with Gasteiger partial charge in [0.1, 0.15) is 18.2 Å². The van der Waals surface area contributed by atoms with Crippen molar-refractivity contribution in [3.05, 3.63) is 107 Å². The van der Waals surface area contributed by atoms with Gasteiger partial charge < -0.3 is 29.2 Å². The normalized spacial score (nSPS) is 15.0. The van der Waals surface area contributed by atoms with Gasteiger partial charge in [0.25, 0.3) is 5.91 Å². The van der Waals surface area contributed by atoms with Gasteiger partial charge in [0, 0.05) is 51.0 Å². The van der Waals surface area contributed by atoms with Crippen molar-refractivity contribution in [2.75, 3.05) is 49.6 Å². The summed E-state index contributed by atoms with van der Waals surface area (Å²) in [6, 6.07) is 27.7. The van der Waals surface area contributed by atoms with Gasteiger partial charge in [-0.1, -0.05) is 54.6 Å². The van der Waals surface area contributed by atoms with Crippen molar-refractivity contribution in [1.29, 1.82) is 5.26 Å². The second-order valence-electron chi connectivity index (χ2n) is 10.1. The average Bonchev–Trinajstić information content (AvgIpc) is 3.28. The Bertz CT molecular complexity index is 1560. The third kappa shape index (κ3) is 5.88. The van der Waals surface area contributed by atoms with Gasteiger partial charge in [-0.05, 0) is 29.3 Å². The van der Waals surface area contributed by atoms with E-state index in [1.54, 1.807) is 11.0 Å². The first-order valence-corrected chi connectivity index (χ1v) is 13.9. The number of fused-ring (bicyclic) bond motifs is 1. The molecule has 0 atom stereocenters. The number of aromatic nitrogens is 2. The van der Waals surface area contributed by atoms with Crippen molar-refractivity contribution in [1.82, 2.24) is 14.5 Å². The zero-order valence-corrected chi connectivity index (χ0v) is 22.8. The number of nitrogens with one attached hydrogen (secondary N) is 1. The molecule has 41 heavy (non-hydrogen) atoms. The highest BCUT2D eigenvalue weighted by atomic mass is 16.5. The summed E-state index contributed by atoms with van der Waals surface area (Å²) in [4.78, 5) is 23.0. The Balaban J connectivity index is 1.29. The van der Waals surface area contributed by atoms with E-state index in [2.05, 4.69) is 22.4 Å². The SMILES string of the molecule is N#Cc1ccccc1CN1CCNc2nc(COc3cccc(N4CCOCC4)c3)n(Cc3ccccc3)c2C1=O. The Morgan fingerprint density at radius 1 is 0.951 bits per heavy atom. The molecule has 0 unspecified atom stereocenters. The van der Waals surface area contributed by atoms with E-state index < -0.39 is 0 Å². The second-order valence-corrected chi connectivity index (χ2v) is 10.1. The van der Waals surface area contributed by atoms with Crippen molar-refractivity contribution in [2.24, 2.45) is 0 Å². The van der Waals surface area contributed by atoms with Crippen LogP contribution in [0.15, 0.2) is 78.9 Å². The van der Waals surface area contributed by atoms with E-state index in [-0.39, 0.29) is 12.5 Å². The van der Waals surface area contributed by atoms with E-state index in [4.69, 9.17) is 14.5 Å². The molecule has 1 fully saturated rings. The van der Waals surface area contributed by atoms with Crippen molar-refractivity contribution < 1.29 is 14.3 Å². The first-order chi connectivity index (χ1) is 20.2. The van der Waals surface area contributed by atoms with Crippen molar-refractivity contribution in [3.8, 4) is 11.8 Å². The number of carbonyl (C=O) groups excluding carboxylic acids is 1. The Hall–Kier alpha value is -4.81. The number of ether oxygens (including phenoxy) is 2. The Labute approximate surface area is 239 Å². The fourth-order valence-electron chi connectivity index (χ4n) is 5.31. The lowest BCUT2D eigenvalue weighted by Crippen LogP contribution is -2.36. The molecule has 1 N–H and O–H groups in total. The van der Waals surface area contributed by atoms with Crippen molar-refractivity contribution >= 4 is 17.4 Å². The van der Waals surface area contributed by atoms with E-state index in [0.717, 1.165) is 35.7 Å². The summed E-state index contributed by atoms with van der Waals surface area (Å²) in [5.41, 5.74) is 4.05. The van der Waals surface area contributed by atoms with Gasteiger partial charge in [0.2, 0.25) is 0 Å². The van der Waals surface area contributed by atoms with Crippen molar-refractivity contribution in [3.63, 3.8) is 0 Å². The second kappa shape index (κ2) is 12.1. The van der Waals surface area contributed by atoms with E-state index in [1.807, 2.05) is 71.3 Å². The van der Waals surface area contributed by atoms with E-state index >= 15 is 0 Å². The van der Waals surface area contributed by atoms with Gasteiger partial charge in [-0.25, -0.2) is 4.98 Å². The third-order valence-electron chi connectivity index (χ3n) is 7.45. The summed E-state index contributed by atoms with van der Waals surface area (Å²) in [7, 11) is 0. The first kappa shape index (κ1) is 26.4. The summed E-state index contributed by atoms with van der Waals surface area (Å²) in [6.45, 7) is 5.21. The summed E-state index contributed by atoms with van der Waals surface area (Å²) in [6.07, 6.45) is 0. The maximum atomic E-state index is 14.0. The predicted octanol–water partition coefficient (Wildman–Crippen LogP) is 4.29. The van der Waals surface area contributed by atoms with Gasteiger partial charge in [-0.15, -0.1) is 0 Å². The highest BCUT2D eigenvalue weighted by molar-refractivity contribution is 5.98. The summed E-state index contributed by atoms with van der Waals surface area (Å²) in [5, 5.41) is 12.9. The minimum atomic E-state index is -0.123. The number of morpholine rings is 1. The standard InChI is InChI=1S/C32H32N6O3/c33-20-25-9-4-5-10-26(25)22-37-14-13-34-31-30(32(37)39)38(21-24-7-2-1-3-8-24)29(35-31)23-41-28-12-6-11-27(19-28)36-15-17-40-18-16-36/h1-12,19,34H,13-18,21-23H2. The lowest BCUT2D eigenvalue weighted by molar-refractivity contribution is 0.0744. The Morgan fingerprint density at radius 3 is 2.59 bits per heavy atom. The van der Waals surface area contributed by atoms with Crippen LogP contribution in [0.25, 0.3) is 0 Å². The number of imidazole rings is 1. The number of hydrogen-bond acceptors (Lipinski definition) is 7. The molecule has 1 saturated heterocycles. The van der Waals surface area contributed by atoms with Gasteiger partial charge in [0.15, 0.2) is 11.5 Å². The van der Waals surface area contributed by atoms with Gasteiger partial charge in [0.05, 0.1) is 24.8 Å². The van der Waals surface area contributed by atoms with Crippen LogP contribution in [0.2, 0.25) is 0 Å². The fourth-order valence-corrected chi connectivity index (χ4v) is 5.31. The highest BCUT2D eigenvalue weighted by Crippen LogP contribution is 2.27. The molecule has 0 bridgehead atoms. The number of nitrogens with zero attached hydrogens (tertiary/aromatic N) is 5. The minimum absolute atomic E-state index is 0.123. The molecule has 0 aliphatic carbocycles. The molecular weight excluding hydrogens is 516 g/mol. The maximum Gasteiger partial charge on any atom is 0.274 e. The van der Waals surface area contributed by atoms with Crippen LogP contribution in [-0.4, -0.2) is 59.8 Å². The molecule has 9 heteroatoms. The number of rotatable bonds is 8. The first-order valence-electron chi connectivity index (χ1n) is 13.9. The number of anilines is 2. The molecule has 9 nitrogen and oxygen atoms in total. The molecule has 2 aliphatic heterocycles. The number of carbonyl (C=O) groups is 1. The lowest BCUT2D eigenvalue weighted by Gasteiger charge is -2.29. The molecular formula is C32H32N6O3. The third-order valence-corrected chi connectivity index (χ3v) is 7.45. The number of hydrogen-bond donors (Lipinski definition) is 1. The van der Waals surface area contributed by atoms with Crippen LogP contribution in [0.1, 0.15) is 33.0 Å². The van der Waals surface area contributed by atoms with E-state index in [0.29, 0.717) is 62.3 Å². The van der Waals surface area contributed by atoms with Gasteiger partial charge in [-0.3, -0.25) is 4.79 Å². The minimum Gasteiger partial charge on any atom is -0.486 e. The fraction of sp³-hybridized carbons (Fsp3) is 0.281. The molecule has 0 spiro atoms. The quantitative estimate of drug-likeness (QED) is 0.351. The number of amides is 1. The molecule has 2 aliphatic rings. The van der Waals surface area contributed by atoms with Crippen LogP contribution in [0.3, 0.4) is 0 Å². The Morgan fingerprint density at radius 2 is 1.76 bits per heavy atom. The average molecular weight is 549 g/mol. The largest absolute Gasteiger partial charge is 0.486 e. The van der Waals surface area contributed by atoms with Crippen LogP contribution in [0.4, 0.5) is 11.5 Å². The number of nitriles is 1. The van der Waals surface area contributed by atoms with E-state index in [9.17, 15) is 10.1 Å². The van der Waals surface area contributed by atoms with Crippen molar-refractivity contribution in [2.45, 2.75) is 19.7 Å². The number of benzene rings is 3. The molecule has 3 heterocycles. The monoisotopic (exact) mass is 548 g/mol. The molecule has 208 valence electrons. The molecule has 0 radical (unpaired) electrons. The molecule has 1 aromatic heterocycles. The molecule has 4 aromatic rings. The van der Waals surface area contributed by atoms with Gasteiger partial charge in [-0.2, -0.15) is 5.26 Å². The summed E-state index contributed by atoms with van der Waals surface area (Å²) >= 11 is 0. The van der Waals surface area contributed by atoms with Crippen LogP contribution in [0, 0.1) is 11.3 Å². The van der Waals surface area contributed by atoms with Crippen LogP contribution >= 0.6 is 0 Å². The topological polar surface area (TPSA) is 95.7 Å².